The Bertz CT molecular complexity index is 450. The minimum atomic E-state index is -1.26. The van der Waals surface area contributed by atoms with Gasteiger partial charge in [-0.2, -0.15) is 4.39 Å². The fraction of sp³-hybridized carbons (Fsp3) is 0.500. The lowest BCUT2D eigenvalue weighted by Crippen LogP contribution is -2.27. The van der Waals surface area contributed by atoms with Crippen molar-refractivity contribution in [2.75, 3.05) is 13.2 Å². The Morgan fingerprint density at radius 3 is 2.56 bits per heavy atom. The maximum atomic E-state index is 13.4. The molecule has 3 nitrogen and oxygen atoms in total. The average molecular weight is 322 g/mol. The Labute approximate surface area is 112 Å². The fourth-order valence-corrected chi connectivity index (χ4v) is 2.61. The van der Waals surface area contributed by atoms with Gasteiger partial charge in [0.25, 0.3) is 0 Å². The highest BCUT2D eigenvalue weighted by Gasteiger charge is 2.27. The number of ether oxygens (including phenoxy) is 1. The van der Waals surface area contributed by atoms with Crippen molar-refractivity contribution in [2.45, 2.75) is 18.9 Å². The van der Waals surface area contributed by atoms with Crippen LogP contribution in [0.5, 0.6) is 5.75 Å². The molecule has 18 heavy (non-hydrogen) atoms. The number of rotatable bonds is 2. The summed E-state index contributed by atoms with van der Waals surface area (Å²) in [7, 11) is 0. The van der Waals surface area contributed by atoms with Crippen LogP contribution in [0.25, 0.3) is 0 Å². The SMILES string of the molecule is N[C@@H](c1cc(Br)c(F)c(F)c1O)C1CCOCC1. The number of phenols is 1. The molecule has 1 atom stereocenters. The standard InChI is InChI=1S/C12H14BrF2NO2/c13-8-5-7(12(17)10(15)9(8)14)11(16)6-1-3-18-4-2-6/h5-6,11,17H,1-4,16H2/t11-/m1/s1. The largest absolute Gasteiger partial charge is 0.505 e. The lowest BCUT2D eigenvalue weighted by atomic mass is 9.87. The summed E-state index contributed by atoms with van der Waals surface area (Å²) >= 11 is 2.92. The minimum Gasteiger partial charge on any atom is -0.505 e. The molecule has 1 aliphatic rings. The summed E-state index contributed by atoms with van der Waals surface area (Å²) in [5.41, 5.74) is 6.26. The number of aromatic hydroxyl groups is 1. The van der Waals surface area contributed by atoms with Crippen LogP contribution in [-0.4, -0.2) is 18.3 Å². The zero-order valence-corrected chi connectivity index (χ0v) is 11.2. The van der Waals surface area contributed by atoms with Crippen LogP contribution < -0.4 is 5.73 Å². The van der Waals surface area contributed by atoms with Crippen molar-refractivity contribution in [1.82, 2.24) is 0 Å². The molecule has 0 spiro atoms. The highest BCUT2D eigenvalue weighted by Crippen LogP contribution is 2.37. The maximum Gasteiger partial charge on any atom is 0.201 e. The number of phenolic OH excluding ortho intramolecular Hbond substituents is 1. The van der Waals surface area contributed by atoms with Crippen molar-refractivity contribution in [3.05, 3.63) is 27.7 Å². The van der Waals surface area contributed by atoms with Gasteiger partial charge >= 0.3 is 0 Å². The second-order valence-electron chi connectivity index (χ2n) is 4.40. The summed E-state index contributed by atoms with van der Waals surface area (Å²) in [6.45, 7) is 1.20. The van der Waals surface area contributed by atoms with Gasteiger partial charge in [-0.05, 0) is 40.8 Å². The molecule has 0 aliphatic carbocycles. The summed E-state index contributed by atoms with van der Waals surface area (Å²) in [5, 5.41) is 9.66. The van der Waals surface area contributed by atoms with Gasteiger partial charge in [-0.15, -0.1) is 0 Å². The molecule has 3 N–H and O–H groups in total. The van der Waals surface area contributed by atoms with Crippen LogP contribution in [0.4, 0.5) is 8.78 Å². The van der Waals surface area contributed by atoms with Gasteiger partial charge in [0.15, 0.2) is 11.6 Å². The molecule has 1 aromatic rings. The maximum absolute atomic E-state index is 13.4. The van der Waals surface area contributed by atoms with Crippen LogP contribution in [0.1, 0.15) is 24.4 Å². The van der Waals surface area contributed by atoms with Crippen LogP contribution in [0.15, 0.2) is 10.5 Å². The first-order chi connectivity index (χ1) is 8.52. The van der Waals surface area contributed by atoms with Gasteiger partial charge in [0, 0.05) is 24.8 Å². The van der Waals surface area contributed by atoms with Crippen molar-refractivity contribution >= 4 is 15.9 Å². The first-order valence-corrected chi connectivity index (χ1v) is 6.51. The minimum absolute atomic E-state index is 0.0321. The first kappa shape index (κ1) is 13.7. The number of nitrogens with two attached hydrogens (primary N) is 1. The van der Waals surface area contributed by atoms with E-state index in [-0.39, 0.29) is 16.0 Å². The van der Waals surface area contributed by atoms with Gasteiger partial charge in [0.2, 0.25) is 5.82 Å². The van der Waals surface area contributed by atoms with Crippen LogP contribution in [0.3, 0.4) is 0 Å². The third-order valence-electron chi connectivity index (χ3n) is 3.30. The molecule has 1 fully saturated rings. The quantitative estimate of drug-likeness (QED) is 0.823. The van der Waals surface area contributed by atoms with Gasteiger partial charge < -0.3 is 15.6 Å². The normalized spacial score (nSPS) is 18.9. The zero-order valence-electron chi connectivity index (χ0n) is 9.63. The monoisotopic (exact) mass is 321 g/mol. The molecule has 0 bridgehead atoms. The Hall–Kier alpha value is -0.720. The third kappa shape index (κ3) is 2.50. The Morgan fingerprint density at radius 1 is 1.33 bits per heavy atom. The summed E-state index contributed by atoms with van der Waals surface area (Å²) in [5.74, 6) is -2.96. The van der Waals surface area contributed by atoms with E-state index in [0.717, 1.165) is 12.8 Å². The van der Waals surface area contributed by atoms with E-state index in [1.165, 1.54) is 6.07 Å². The molecule has 2 rings (SSSR count). The molecule has 0 saturated carbocycles. The van der Waals surface area contributed by atoms with Gasteiger partial charge in [0.1, 0.15) is 0 Å². The van der Waals surface area contributed by atoms with Crippen molar-refractivity contribution in [3.8, 4) is 5.75 Å². The van der Waals surface area contributed by atoms with Crippen molar-refractivity contribution in [2.24, 2.45) is 11.7 Å². The van der Waals surface area contributed by atoms with Crippen LogP contribution in [0.2, 0.25) is 0 Å². The van der Waals surface area contributed by atoms with E-state index >= 15 is 0 Å². The molecular weight excluding hydrogens is 308 g/mol. The summed E-state index contributed by atoms with van der Waals surface area (Å²) in [6, 6.07) is 0.814. The van der Waals surface area contributed by atoms with E-state index in [9.17, 15) is 13.9 Å². The predicted molar refractivity (Wildman–Crippen MR) is 66.2 cm³/mol. The summed E-state index contributed by atoms with van der Waals surface area (Å²) in [6.07, 6.45) is 1.49. The van der Waals surface area contributed by atoms with Gasteiger partial charge in [-0.1, -0.05) is 0 Å². The molecule has 0 amide bonds. The fourth-order valence-electron chi connectivity index (χ4n) is 2.19. The highest BCUT2D eigenvalue weighted by molar-refractivity contribution is 9.10. The molecule has 1 aromatic carbocycles. The predicted octanol–water partition coefficient (Wildman–Crippen LogP) is 2.86. The van der Waals surface area contributed by atoms with Crippen LogP contribution in [-0.2, 0) is 4.74 Å². The number of halogens is 3. The summed E-state index contributed by atoms with van der Waals surface area (Å²) in [4.78, 5) is 0. The van der Waals surface area contributed by atoms with Gasteiger partial charge in [0.05, 0.1) is 4.47 Å². The lowest BCUT2D eigenvalue weighted by molar-refractivity contribution is 0.0580. The second-order valence-corrected chi connectivity index (χ2v) is 5.25. The van der Waals surface area contributed by atoms with E-state index in [4.69, 9.17) is 10.5 Å². The first-order valence-electron chi connectivity index (χ1n) is 5.72. The lowest BCUT2D eigenvalue weighted by Gasteiger charge is -2.28. The van der Waals surface area contributed by atoms with E-state index in [2.05, 4.69) is 15.9 Å². The topological polar surface area (TPSA) is 55.5 Å². The van der Waals surface area contributed by atoms with Crippen molar-refractivity contribution in [3.63, 3.8) is 0 Å². The van der Waals surface area contributed by atoms with Crippen molar-refractivity contribution in [1.29, 1.82) is 0 Å². The number of hydrogen-bond donors (Lipinski definition) is 2. The Morgan fingerprint density at radius 2 is 1.94 bits per heavy atom. The Balaban J connectivity index is 2.32. The van der Waals surface area contributed by atoms with E-state index in [1.807, 2.05) is 0 Å². The molecule has 100 valence electrons. The van der Waals surface area contributed by atoms with Crippen molar-refractivity contribution < 1.29 is 18.6 Å². The summed E-state index contributed by atoms with van der Waals surface area (Å²) < 4.78 is 31.9. The third-order valence-corrected chi connectivity index (χ3v) is 3.88. The second kappa shape index (κ2) is 5.50. The molecule has 1 aliphatic heterocycles. The van der Waals surface area contributed by atoms with E-state index in [1.54, 1.807) is 0 Å². The molecule has 0 radical (unpaired) electrons. The van der Waals surface area contributed by atoms with E-state index in [0.29, 0.717) is 13.2 Å². The molecule has 6 heteroatoms. The number of benzene rings is 1. The smallest absolute Gasteiger partial charge is 0.201 e. The molecular formula is C12H14BrF2NO2. The Kier molecular flexibility index (Phi) is 4.19. The van der Waals surface area contributed by atoms with Crippen LogP contribution >= 0.6 is 15.9 Å². The van der Waals surface area contributed by atoms with Gasteiger partial charge in [-0.3, -0.25) is 0 Å². The number of hydrogen-bond acceptors (Lipinski definition) is 3. The van der Waals surface area contributed by atoms with Crippen LogP contribution in [0, 0.1) is 17.6 Å². The molecule has 0 unspecified atom stereocenters. The zero-order chi connectivity index (χ0) is 13.3. The molecule has 1 saturated heterocycles. The molecule has 1 heterocycles. The molecule has 0 aromatic heterocycles. The van der Waals surface area contributed by atoms with Gasteiger partial charge in [-0.25, -0.2) is 4.39 Å². The highest BCUT2D eigenvalue weighted by atomic mass is 79.9. The average Bonchev–Trinajstić information content (AvgIpc) is 2.41. The van der Waals surface area contributed by atoms with E-state index < -0.39 is 23.4 Å².